The topological polar surface area (TPSA) is 88.9 Å². The number of benzene rings is 1. The number of thiophene rings is 1. The van der Waals surface area contributed by atoms with Crippen LogP contribution in [-0.4, -0.2) is 41.9 Å². The van der Waals surface area contributed by atoms with Gasteiger partial charge in [0.15, 0.2) is 6.61 Å². The molecule has 1 N–H and O–H groups in total. The van der Waals surface area contributed by atoms with Crippen molar-refractivity contribution in [2.24, 2.45) is 0 Å². The van der Waals surface area contributed by atoms with Crippen LogP contribution < -0.4 is 5.32 Å². The number of hydrogen-bond acceptors (Lipinski definition) is 6. The van der Waals surface area contributed by atoms with Crippen LogP contribution in [0, 0.1) is 0 Å². The summed E-state index contributed by atoms with van der Waals surface area (Å²) in [5.41, 5.74) is 0.874. The molecule has 0 saturated carbocycles. The molecule has 1 fully saturated rings. The Labute approximate surface area is 193 Å². The molecule has 2 aromatic heterocycles. The number of halogens is 1. The maximum Gasteiger partial charge on any atom is 0.329 e. The van der Waals surface area contributed by atoms with Crippen LogP contribution in [0.4, 0.5) is 0 Å². The summed E-state index contributed by atoms with van der Waals surface area (Å²) < 4.78 is 10.9. The average molecular weight is 473 g/mol. The van der Waals surface area contributed by atoms with Gasteiger partial charge in [0.05, 0.1) is 11.4 Å². The first-order valence-corrected chi connectivity index (χ1v) is 11.4. The fourth-order valence-electron chi connectivity index (χ4n) is 3.51. The number of furan rings is 1. The van der Waals surface area contributed by atoms with Gasteiger partial charge in [-0.2, -0.15) is 0 Å². The van der Waals surface area contributed by atoms with E-state index in [1.165, 1.54) is 16.2 Å². The van der Waals surface area contributed by atoms with Crippen molar-refractivity contribution in [3.63, 3.8) is 0 Å². The Morgan fingerprint density at radius 2 is 1.97 bits per heavy atom. The Kier molecular flexibility index (Phi) is 6.92. The number of ether oxygens (including phenoxy) is 1. The van der Waals surface area contributed by atoms with Crippen LogP contribution in [0.15, 0.2) is 58.3 Å². The van der Waals surface area contributed by atoms with Crippen molar-refractivity contribution in [2.75, 3.05) is 13.2 Å². The molecule has 2 amide bonds. The van der Waals surface area contributed by atoms with Gasteiger partial charge in [0, 0.05) is 17.1 Å². The molecule has 0 aliphatic carbocycles. The number of hydrogen-bond donors (Lipinski definition) is 1. The highest BCUT2D eigenvalue weighted by molar-refractivity contribution is 7.12. The Balaban J connectivity index is 1.25. The lowest BCUT2D eigenvalue weighted by molar-refractivity contribution is -0.152. The van der Waals surface area contributed by atoms with E-state index in [1.54, 1.807) is 30.3 Å². The van der Waals surface area contributed by atoms with E-state index in [-0.39, 0.29) is 12.5 Å². The minimum absolute atomic E-state index is 0.163. The van der Waals surface area contributed by atoms with Gasteiger partial charge in [-0.3, -0.25) is 9.59 Å². The minimum Gasteiger partial charge on any atom is -0.459 e. The predicted octanol–water partition coefficient (Wildman–Crippen LogP) is 4.13. The average Bonchev–Trinajstić information content (AvgIpc) is 3.57. The first-order chi connectivity index (χ1) is 15.5. The Hall–Kier alpha value is -3.10. The summed E-state index contributed by atoms with van der Waals surface area (Å²) in [4.78, 5) is 39.3. The molecule has 166 valence electrons. The molecule has 9 heteroatoms. The van der Waals surface area contributed by atoms with Gasteiger partial charge >= 0.3 is 5.97 Å². The van der Waals surface area contributed by atoms with Gasteiger partial charge in [0.1, 0.15) is 17.6 Å². The highest BCUT2D eigenvalue weighted by atomic mass is 35.5. The smallest absolute Gasteiger partial charge is 0.329 e. The van der Waals surface area contributed by atoms with Crippen molar-refractivity contribution in [3.8, 4) is 11.3 Å². The number of nitrogens with zero attached hydrogens (tertiary/aromatic N) is 1. The van der Waals surface area contributed by atoms with E-state index in [9.17, 15) is 14.4 Å². The van der Waals surface area contributed by atoms with E-state index in [2.05, 4.69) is 5.32 Å². The molecule has 0 radical (unpaired) electrons. The zero-order valence-electron chi connectivity index (χ0n) is 17.1. The van der Waals surface area contributed by atoms with Crippen molar-refractivity contribution < 1.29 is 23.5 Å². The Bertz CT molecular complexity index is 1090. The highest BCUT2D eigenvalue weighted by Gasteiger charge is 2.36. The van der Waals surface area contributed by atoms with E-state index in [1.807, 2.05) is 23.6 Å². The standard InChI is InChI=1S/C23H21ClN2O5S/c24-16-7-5-15(6-8-16)19-10-9-17(31-19)13-25-21(27)14-30-23(29)18-3-1-11-26(18)22(28)20-4-2-12-32-20/h2,4-10,12,18H,1,3,11,13-14H2,(H,25,27). The number of likely N-dealkylation sites (tertiary alicyclic amines) is 1. The fourth-order valence-corrected chi connectivity index (χ4v) is 4.31. The van der Waals surface area contributed by atoms with Crippen LogP contribution in [0.1, 0.15) is 28.3 Å². The molecule has 32 heavy (non-hydrogen) atoms. The summed E-state index contributed by atoms with van der Waals surface area (Å²) >= 11 is 7.23. The maximum atomic E-state index is 12.6. The van der Waals surface area contributed by atoms with Crippen molar-refractivity contribution in [3.05, 3.63) is 69.6 Å². The number of amides is 2. The van der Waals surface area contributed by atoms with Crippen molar-refractivity contribution in [1.82, 2.24) is 10.2 Å². The molecule has 3 heterocycles. The molecule has 1 saturated heterocycles. The van der Waals surface area contributed by atoms with Crippen molar-refractivity contribution >= 4 is 40.7 Å². The van der Waals surface area contributed by atoms with Crippen LogP contribution in [0.2, 0.25) is 5.02 Å². The van der Waals surface area contributed by atoms with E-state index < -0.39 is 24.5 Å². The molecule has 7 nitrogen and oxygen atoms in total. The molecule has 1 aliphatic heterocycles. The first kappa shape index (κ1) is 22.1. The molecule has 0 spiro atoms. The van der Waals surface area contributed by atoms with E-state index in [0.29, 0.717) is 34.4 Å². The molecule has 1 aromatic carbocycles. The number of carbonyl (C=O) groups excluding carboxylic acids is 3. The third-order valence-electron chi connectivity index (χ3n) is 5.11. The summed E-state index contributed by atoms with van der Waals surface area (Å²) in [5.74, 6) is 0.0351. The first-order valence-electron chi connectivity index (χ1n) is 10.1. The third-order valence-corrected chi connectivity index (χ3v) is 6.22. The van der Waals surface area contributed by atoms with Crippen LogP contribution >= 0.6 is 22.9 Å². The van der Waals surface area contributed by atoms with Gasteiger partial charge in [-0.05, 0) is 60.7 Å². The van der Waals surface area contributed by atoms with Gasteiger partial charge in [-0.1, -0.05) is 17.7 Å². The third kappa shape index (κ3) is 5.20. The SMILES string of the molecule is O=C(COC(=O)C1CCCN1C(=O)c1cccs1)NCc1ccc(-c2ccc(Cl)cc2)o1. The minimum atomic E-state index is -0.663. The molecule has 3 aromatic rings. The molecule has 4 rings (SSSR count). The Morgan fingerprint density at radius 1 is 1.16 bits per heavy atom. The normalized spacial score (nSPS) is 15.5. The second-order valence-electron chi connectivity index (χ2n) is 7.29. The van der Waals surface area contributed by atoms with Gasteiger partial charge in [0.2, 0.25) is 0 Å². The fraction of sp³-hybridized carbons (Fsp3) is 0.261. The van der Waals surface area contributed by atoms with E-state index in [0.717, 1.165) is 12.0 Å². The molecular weight excluding hydrogens is 452 g/mol. The quantitative estimate of drug-likeness (QED) is 0.522. The summed E-state index contributed by atoms with van der Waals surface area (Å²) in [6.07, 6.45) is 1.25. The summed E-state index contributed by atoms with van der Waals surface area (Å²) in [7, 11) is 0. The number of nitrogens with one attached hydrogen (secondary N) is 1. The van der Waals surface area contributed by atoms with Crippen LogP contribution in [-0.2, 0) is 20.9 Å². The van der Waals surface area contributed by atoms with Crippen LogP contribution in [0.25, 0.3) is 11.3 Å². The Morgan fingerprint density at radius 3 is 2.72 bits per heavy atom. The van der Waals surface area contributed by atoms with E-state index >= 15 is 0 Å². The van der Waals surface area contributed by atoms with E-state index in [4.69, 9.17) is 20.8 Å². The highest BCUT2D eigenvalue weighted by Crippen LogP contribution is 2.24. The molecule has 1 atom stereocenters. The van der Waals surface area contributed by atoms with Crippen LogP contribution in [0.3, 0.4) is 0 Å². The lowest BCUT2D eigenvalue weighted by Gasteiger charge is -2.22. The van der Waals surface area contributed by atoms with Gasteiger partial charge in [-0.25, -0.2) is 4.79 Å². The van der Waals surface area contributed by atoms with Crippen LogP contribution in [0.5, 0.6) is 0 Å². The molecule has 0 bridgehead atoms. The number of rotatable bonds is 7. The van der Waals surface area contributed by atoms with Gasteiger partial charge in [0.25, 0.3) is 11.8 Å². The lowest BCUT2D eigenvalue weighted by atomic mass is 10.2. The molecule has 1 aliphatic rings. The predicted molar refractivity (Wildman–Crippen MR) is 120 cm³/mol. The molecular formula is C23H21ClN2O5S. The zero-order valence-corrected chi connectivity index (χ0v) is 18.7. The zero-order chi connectivity index (χ0) is 22.5. The van der Waals surface area contributed by atoms with Gasteiger partial charge < -0.3 is 19.4 Å². The van der Waals surface area contributed by atoms with Gasteiger partial charge in [-0.15, -0.1) is 11.3 Å². The second kappa shape index (κ2) is 10.0. The van der Waals surface area contributed by atoms with Crippen molar-refractivity contribution in [2.45, 2.75) is 25.4 Å². The summed E-state index contributed by atoms with van der Waals surface area (Å²) in [5, 5.41) is 5.12. The largest absolute Gasteiger partial charge is 0.459 e. The summed E-state index contributed by atoms with van der Waals surface area (Å²) in [6, 6.07) is 13.7. The summed E-state index contributed by atoms with van der Waals surface area (Å²) in [6.45, 7) is 0.245. The maximum absolute atomic E-state index is 12.6. The second-order valence-corrected chi connectivity index (χ2v) is 8.68. The monoisotopic (exact) mass is 472 g/mol. The number of esters is 1. The lowest BCUT2D eigenvalue weighted by Crippen LogP contribution is -2.42. The molecule has 1 unspecified atom stereocenters. The number of carbonyl (C=O) groups is 3. The van der Waals surface area contributed by atoms with Crippen molar-refractivity contribution in [1.29, 1.82) is 0 Å².